The Labute approximate surface area is 311 Å². The highest BCUT2D eigenvalue weighted by molar-refractivity contribution is 7.47. The Kier molecular flexibility index (Phi) is 36.2. The second-order valence-corrected chi connectivity index (χ2v) is 14.7. The molecule has 10 heteroatoms. The van der Waals surface area contributed by atoms with Crippen molar-refractivity contribution in [3.05, 3.63) is 49.1 Å². The molecule has 296 valence electrons. The molecule has 0 heterocycles. The number of carbonyl (C=O) groups excluding carboxylic acids is 2. The van der Waals surface area contributed by atoms with E-state index in [2.05, 4.69) is 50.0 Å². The normalized spacial score (nSPS) is 13.6. The number of hydrogen-bond acceptors (Lipinski definition) is 8. The van der Waals surface area contributed by atoms with Gasteiger partial charge in [0.15, 0.2) is 6.10 Å². The summed E-state index contributed by atoms with van der Waals surface area (Å²) in [4.78, 5) is 34.8. The third kappa shape index (κ3) is 37.5. The molecule has 0 saturated heterocycles. The Morgan fingerprint density at radius 1 is 0.647 bits per heavy atom. The number of allylic oxidation sites excluding steroid dienone is 7. The molecular weight excluding hydrogens is 665 g/mol. The number of esters is 2. The van der Waals surface area contributed by atoms with Gasteiger partial charge in [-0.25, -0.2) is 4.57 Å². The molecule has 0 radical (unpaired) electrons. The predicted octanol–water partition coefficient (Wildman–Crippen LogP) is 11.2. The molecule has 0 bridgehead atoms. The highest BCUT2D eigenvalue weighted by Gasteiger charge is 2.26. The van der Waals surface area contributed by atoms with E-state index < -0.39 is 32.5 Å². The SMILES string of the molecule is C=CCCCCCCCCCCCCCCCC(=O)OC[C@H](COP(=O)(O)OCCN)OC(=O)CCCCCCC/C=C/C/C=C/C/C=C/CC. The molecule has 0 aliphatic carbocycles. The fourth-order valence-corrected chi connectivity index (χ4v) is 6.16. The maximum atomic E-state index is 12.5. The Morgan fingerprint density at radius 2 is 1.12 bits per heavy atom. The third-order valence-corrected chi connectivity index (χ3v) is 9.33. The van der Waals surface area contributed by atoms with Gasteiger partial charge < -0.3 is 20.1 Å². The van der Waals surface area contributed by atoms with E-state index in [0.717, 1.165) is 77.0 Å². The quantitative estimate of drug-likeness (QED) is 0.0274. The van der Waals surface area contributed by atoms with Gasteiger partial charge in [-0.3, -0.25) is 18.6 Å². The molecule has 3 N–H and O–H groups in total. The molecule has 0 amide bonds. The van der Waals surface area contributed by atoms with Crippen LogP contribution in [0, 0.1) is 0 Å². The van der Waals surface area contributed by atoms with Gasteiger partial charge in [0.05, 0.1) is 13.2 Å². The standard InChI is InChI=1S/C41H74NO8P/c1-3-5-7-9-11-13-15-17-19-21-23-25-27-29-31-33-40(43)47-37-39(38-49-51(45,46)48-36-35-42)50-41(44)34-32-30-28-26-24-22-20-18-16-14-12-10-8-6-4-2/h3,6,8,12,14,18,20,39H,1,4-5,7,9-11,13,15-17,19,21-38,42H2,2H3,(H,45,46)/b8-6+,14-12+,20-18+/t39-/m1/s1. The van der Waals surface area contributed by atoms with Crippen LogP contribution in [-0.2, 0) is 32.7 Å². The van der Waals surface area contributed by atoms with Crippen molar-refractivity contribution in [2.45, 2.75) is 174 Å². The van der Waals surface area contributed by atoms with Crippen LogP contribution in [-0.4, -0.2) is 49.3 Å². The van der Waals surface area contributed by atoms with Gasteiger partial charge in [-0.1, -0.05) is 139 Å². The van der Waals surface area contributed by atoms with Gasteiger partial charge in [0.1, 0.15) is 6.61 Å². The average Bonchev–Trinajstić information content (AvgIpc) is 3.11. The fraction of sp³-hybridized carbons (Fsp3) is 0.756. The van der Waals surface area contributed by atoms with E-state index in [0.29, 0.717) is 6.42 Å². The highest BCUT2D eigenvalue weighted by Crippen LogP contribution is 2.43. The summed E-state index contributed by atoms with van der Waals surface area (Å²) in [5.74, 6) is -0.853. The zero-order valence-electron chi connectivity index (χ0n) is 32.2. The van der Waals surface area contributed by atoms with Gasteiger partial charge in [-0.2, -0.15) is 0 Å². The van der Waals surface area contributed by atoms with Crippen molar-refractivity contribution in [2.75, 3.05) is 26.4 Å². The van der Waals surface area contributed by atoms with Crippen LogP contribution in [0.4, 0.5) is 0 Å². The summed E-state index contributed by atoms with van der Waals surface area (Å²) in [5.41, 5.74) is 5.34. The summed E-state index contributed by atoms with van der Waals surface area (Å²) in [7, 11) is -4.38. The Morgan fingerprint density at radius 3 is 1.65 bits per heavy atom. The Bertz CT molecular complexity index is 967. The summed E-state index contributed by atoms with van der Waals surface area (Å²) >= 11 is 0. The third-order valence-electron chi connectivity index (χ3n) is 8.35. The second-order valence-electron chi connectivity index (χ2n) is 13.2. The smallest absolute Gasteiger partial charge is 0.462 e. The van der Waals surface area contributed by atoms with E-state index in [-0.39, 0.29) is 32.6 Å². The number of nitrogens with two attached hydrogens (primary N) is 1. The first-order valence-electron chi connectivity index (χ1n) is 20.1. The summed E-state index contributed by atoms with van der Waals surface area (Å²) in [6, 6.07) is 0. The van der Waals surface area contributed by atoms with Crippen LogP contribution in [0.1, 0.15) is 167 Å². The van der Waals surface area contributed by atoms with Crippen LogP contribution >= 0.6 is 7.82 Å². The van der Waals surface area contributed by atoms with Crippen molar-refractivity contribution in [3.63, 3.8) is 0 Å². The maximum absolute atomic E-state index is 12.5. The van der Waals surface area contributed by atoms with Gasteiger partial charge in [-0.15, -0.1) is 6.58 Å². The zero-order valence-corrected chi connectivity index (χ0v) is 33.1. The molecule has 0 aromatic carbocycles. The predicted molar refractivity (Wildman–Crippen MR) is 210 cm³/mol. The molecule has 0 fully saturated rings. The van der Waals surface area contributed by atoms with E-state index in [4.69, 9.17) is 24.3 Å². The number of carbonyl (C=O) groups is 2. The van der Waals surface area contributed by atoms with Crippen LogP contribution in [0.2, 0.25) is 0 Å². The molecule has 0 aromatic heterocycles. The molecule has 0 aromatic rings. The largest absolute Gasteiger partial charge is 0.472 e. The molecule has 51 heavy (non-hydrogen) atoms. The average molecular weight is 740 g/mol. The van der Waals surface area contributed by atoms with Gasteiger partial charge >= 0.3 is 19.8 Å². The van der Waals surface area contributed by atoms with E-state index in [9.17, 15) is 19.0 Å². The first kappa shape index (κ1) is 49.0. The lowest BCUT2D eigenvalue weighted by molar-refractivity contribution is -0.161. The van der Waals surface area contributed by atoms with E-state index in [1.165, 1.54) is 64.2 Å². The lowest BCUT2D eigenvalue weighted by atomic mass is 10.0. The first-order valence-corrected chi connectivity index (χ1v) is 21.6. The molecule has 0 rings (SSSR count). The van der Waals surface area contributed by atoms with Crippen LogP contribution in [0.5, 0.6) is 0 Å². The lowest BCUT2D eigenvalue weighted by Gasteiger charge is -2.19. The number of rotatable bonds is 38. The minimum Gasteiger partial charge on any atom is -0.462 e. The first-order chi connectivity index (χ1) is 24.8. The second kappa shape index (κ2) is 37.7. The molecule has 1 unspecified atom stereocenters. The number of hydrogen-bond donors (Lipinski definition) is 2. The molecule has 0 aliphatic rings. The summed E-state index contributed by atoms with van der Waals surface area (Å²) in [5, 5.41) is 0. The van der Waals surface area contributed by atoms with Crippen LogP contribution in [0.3, 0.4) is 0 Å². The molecule has 0 spiro atoms. The number of unbranched alkanes of at least 4 members (excludes halogenated alkanes) is 18. The maximum Gasteiger partial charge on any atom is 0.472 e. The van der Waals surface area contributed by atoms with Crippen molar-refractivity contribution in [1.29, 1.82) is 0 Å². The fourth-order valence-electron chi connectivity index (χ4n) is 5.39. The molecular formula is C41H74NO8P. The van der Waals surface area contributed by atoms with E-state index in [1.54, 1.807) is 0 Å². The van der Waals surface area contributed by atoms with Gasteiger partial charge in [0, 0.05) is 19.4 Å². The van der Waals surface area contributed by atoms with Crippen LogP contribution in [0.25, 0.3) is 0 Å². The summed E-state index contributed by atoms with van der Waals surface area (Å²) < 4.78 is 32.7. The number of phosphoric acid groups is 1. The zero-order chi connectivity index (χ0) is 37.5. The lowest BCUT2D eigenvalue weighted by Crippen LogP contribution is -2.29. The van der Waals surface area contributed by atoms with Crippen molar-refractivity contribution in [1.82, 2.24) is 0 Å². The Balaban J connectivity index is 4.20. The Hall–Kier alpha value is -2.03. The monoisotopic (exact) mass is 740 g/mol. The molecule has 2 atom stereocenters. The summed E-state index contributed by atoms with van der Waals surface area (Å²) in [6.07, 6.45) is 40.3. The van der Waals surface area contributed by atoms with Gasteiger partial charge in [0.25, 0.3) is 0 Å². The van der Waals surface area contributed by atoms with Crippen molar-refractivity contribution >= 4 is 19.8 Å². The van der Waals surface area contributed by atoms with Crippen LogP contribution in [0.15, 0.2) is 49.1 Å². The number of phosphoric ester groups is 1. The van der Waals surface area contributed by atoms with Gasteiger partial charge in [0.2, 0.25) is 0 Å². The van der Waals surface area contributed by atoms with Crippen molar-refractivity contribution < 1.29 is 37.6 Å². The van der Waals surface area contributed by atoms with Crippen LogP contribution < -0.4 is 5.73 Å². The van der Waals surface area contributed by atoms with E-state index >= 15 is 0 Å². The molecule has 9 nitrogen and oxygen atoms in total. The minimum atomic E-state index is -4.38. The van der Waals surface area contributed by atoms with Crippen molar-refractivity contribution in [3.8, 4) is 0 Å². The summed E-state index contributed by atoms with van der Waals surface area (Å²) in [6.45, 7) is 5.10. The van der Waals surface area contributed by atoms with E-state index in [1.807, 2.05) is 6.08 Å². The highest BCUT2D eigenvalue weighted by atomic mass is 31.2. The van der Waals surface area contributed by atoms with Gasteiger partial charge in [-0.05, 0) is 57.8 Å². The molecule has 0 saturated carbocycles. The minimum absolute atomic E-state index is 0.0485. The number of ether oxygens (including phenoxy) is 2. The van der Waals surface area contributed by atoms with Crippen molar-refractivity contribution in [2.24, 2.45) is 5.73 Å². The topological polar surface area (TPSA) is 134 Å². The molecule has 0 aliphatic heterocycles.